The Hall–Kier alpha value is -0.0400. The summed E-state index contributed by atoms with van der Waals surface area (Å²) in [6, 6.07) is 0. The summed E-state index contributed by atoms with van der Waals surface area (Å²) in [7, 11) is 0. The Morgan fingerprint density at radius 3 is 2.28 bits per heavy atom. The highest BCUT2D eigenvalue weighted by molar-refractivity contribution is 4.85. The van der Waals surface area contributed by atoms with E-state index in [1.807, 2.05) is 0 Å². The van der Waals surface area contributed by atoms with E-state index in [-0.39, 0.29) is 0 Å². The van der Waals surface area contributed by atoms with E-state index in [9.17, 15) is 0 Å². The van der Waals surface area contributed by atoms with Crippen molar-refractivity contribution in [3.05, 3.63) is 0 Å². The van der Waals surface area contributed by atoms with Gasteiger partial charge < -0.3 is 5.73 Å². The van der Waals surface area contributed by atoms with Crippen LogP contribution in [-0.4, -0.2) is 6.54 Å². The molecule has 1 nitrogen and oxygen atoms in total. The van der Waals surface area contributed by atoms with Gasteiger partial charge in [-0.25, -0.2) is 0 Å². The van der Waals surface area contributed by atoms with Crippen molar-refractivity contribution in [2.45, 2.75) is 78.6 Å². The molecule has 108 valence electrons. The summed E-state index contributed by atoms with van der Waals surface area (Å²) in [5.74, 6) is 3.53. The molecule has 0 amide bonds. The predicted octanol–water partition coefficient (Wildman–Crippen LogP) is 4.99. The molecule has 18 heavy (non-hydrogen) atoms. The number of nitrogens with two attached hydrogens (primary N) is 1. The Balaban J connectivity index is 2.46. The molecule has 2 N–H and O–H groups in total. The molecule has 1 saturated carbocycles. The lowest BCUT2D eigenvalue weighted by atomic mass is 9.66. The van der Waals surface area contributed by atoms with Crippen molar-refractivity contribution in [1.29, 1.82) is 0 Å². The smallest absolute Gasteiger partial charge is 0.00435 e. The monoisotopic (exact) mass is 253 g/mol. The van der Waals surface area contributed by atoms with Crippen LogP contribution < -0.4 is 5.73 Å². The van der Waals surface area contributed by atoms with Crippen LogP contribution in [0.5, 0.6) is 0 Å². The molecule has 1 unspecified atom stereocenters. The van der Waals surface area contributed by atoms with Crippen LogP contribution in [0, 0.1) is 23.7 Å². The highest BCUT2D eigenvalue weighted by Crippen LogP contribution is 2.41. The SMILES string of the molecule is CCCCCCC([C@@H](CN)C1CCC1)[C@@H](C)CC. The maximum absolute atomic E-state index is 6.11. The van der Waals surface area contributed by atoms with Crippen molar-refractivity contribution in [2.24, 2.45) is 29.4 Å². The topological polar surface area (TPSA) is 26.0 Å². The summed E-state index contributed by atoms with van der Waals surface area (Å²) in [6.07, 6.45) is 12.7. The molecule has 0 heterocycles. The van der Waals surface area contributed by atoms with Crippen molar-refractivity contribution >= 4 is 0 Å². The Labute approximate surface area is 115 Å². The molecular weight excluding hydrogens is 218 g/mol. The number of hydrogen-bond donors (Lipinski definition) is 1. The van der Waals surface area contributed by atoms with E-state index in [1.54, 1.807) is 0 Å². The zero-order valence-electron chi connectivity index (χ0n) is 13.0. The van der Waals surface area contributed by atoms with Gasteiger partial charge in [-0.05, 0) is 36.6 Å². The van der Waals surface area contributed by atoms with Gasteiger partial charge in [0.05, 0.1) is 0 Å². The van der Waals surface area contributed by atoms with Crippen molar-refractivity contribution in [3.63, 3.8) is 0 Å². The standard InChI is InChI=1S/C17H35N/c1-4-6-7-8-12-16(14(3)5-2)17(13-18)15-10-9-11-15/h14-17H,4-13,18H2,1-3H3/t14-,16?,17-/m0/s1. The van der Waals surface area contributed by atoms with Gasteiger partial charge in [0.15, 0.2) is 0 Å². The molecule has 1 heteroatoms. The second kappa shape index (κ2) is 8.96. The van der Waals surface area contributed by atoms with Crippen LogP contribution in [-0.2, 0) is 0 Å². The first-order valence-electron chi connectivity index (χ1n) is 8.44. The van der Waals surface area contributed by atoms with Crippen LogP contribution in [0.2, 0.25) is 0 Å². The molecule has 1 rings (SSSR count). The molecule has 0 spiro atoms. The second-order valence-corrected chi connectivity index (χ2v) is 6.49. The van der Waals surface area contributed by atoms with Crippen LogP contribution in [0.4, 0.5) is 0 Å². The number of unbranched alkanes of at least 4 members (excludes halogenated alkanes) is 3. The molecule has 0 aromatic heterocycles. The quantitative estimate of drug-likeness (QED) is 0.545. The molecule has 1 aliphatic rings. The lowest BCUT2D eigenvalue weighted by molar-refractivity contribution is 0.105. The van der Waals surface area contributed by atoms with Gasteiger partial charge in [0.25, 0.3) is 0 Å². The van der Waals surface area contributed by atoms with E-state index in [0.717, 1.165) is 30.2 Å². The number of hydrogen-bond acceptors (Lipinski definition) is 1. The van der Waals surface area contributed by atoms with Gasteiger partial charge in [0.1, 0.15) is 0 Å². The largest absolute Gasteiger partial charge is 0.330 e. The molecule has 0 aromatic carbocycles. The van der Waals surface area contributed by atoms with Crippen LogP contribution in [0.1, 0.15) is 78.6 Å². The van der Waals surface area contributed by atoms with Crippen LogP contribution >= 0.6 is 0 Å². The van der Waals surface area contributed by atoms with E-state index in [4.69, 9.17) is 5.73 Å². The molecule has 0 bridgehead atoms. The lowest BCUT2D eigenvalue weighted by Crippen LogP contribution is -2.37. The fourth-order valence-corrected chi connectivity index (χ4v) is 3.61. The molecule has 1 fully saturated rings. The maximum atomic E-state index is 6.11. The highest BCUT2D eigenvalue weighted by Gasteiger charge is 2.33. The highest BCUT2D eigenvalue weighted by atomic mass is 14.6. The third kappa shape index (κ3) is 4.57. The van der Waals surface area contributed by atoms with Crippen molar-refractivity contribution in [3.8, 4) is 0 Å². The Morgan fingerprint density at radius 1 is 1.11 bits per heavy atom. The van der Waals surface area contributed by atoms with Crippen molar-refractivity contribution in [2.75, 3.05) is 6.54 Å². The van der Waals surface area contributed by atoms with Crippen LogP contribution in [0.3, 0.4) is 0 Å². The normalized spacial score (nSPS) is 21.3. The van der Waals surface area contributed by atoms with E-state index in [0.29, 0.717) is 0 Å². The summed E-state index contributed by atoms with van der Waals surface area (Å²) >= 11 is 0. The predicted molar refractivity (Wildman–Crippen MR) is 81.6 cm³/mol. The van der Waals surface area contributed by atoms with Gasteiger partial charge in [0.2, 0.25) is 0 Å². The molecule has 0 radical (unpaired) electrons. The summed E-state index contributed by atoms with van der Waals surface area (Å²) < 4.78 is 0. The third-order valence-corrected chi connectivity index (χ3v) is 5.34. The van der Waals surface area contributed by atoms with Gasteiger partial charge >= 0.3 is 0 Å². The van der Waals surface area contributed by atoms with Crippen LogP contribution in [0.15, 0.2) is 0 Å². The minimum absolute atomic E-state index is 0.815. The molecular formula is C17H35N. The lowest BCUT2D eigenvalue weighted by Gasteiger charge is -2.40. The van der Waals surface area contributed by atoms with E-state index >= 15 is 0 Å². The first-order valence-corrected chi connectivity index (χ1v) is 8.44. The fourth-order valence-electron chi connectivity index (χ4n) is 3.61. The third-order valence-electron chi connectivity index (χ3n) is 5.34. The van der Waals surface area contributed by atoms with E-state index in [2.05, 4.69) is 20.8 Å². The maximum Gasteiger partial charge on any atom is -0.00435 e. The van der Waals surface area contributed by atoms with E-state index < -0.39 is 0 Å². The molecule has 3 atom stereocenters. The minimum Gasteiger partial charge on any atom is -0.330 e. The summed E-state index contributed by atoms with van der Waals surface area (Å²) in [4.78, 5) is 0. The average molecular weight is 253 g/mol. The Kier molecular flexibility index (Phi) is 7.97. The van der Waals surface area contributed by atoms with Crippen molar-refractivity contribution < 1.29 is 0 Å². The summed E-state index contributed by atoms with van der Waals surface area (Å²) in [6.45, 7) is 8.01. The Morgan fingerprint density at radius 2 is 1.83 bits per heavy atom. The molecule has 0 saturated heterocycles. The second-order valence-electron chi connectivity index (χ2n) is 6.49. The zero-order valence-corrected chi connectivity index (χ0v) is 13.0. The van der Waals surface area contributed by atoms with Gasteiger partial charge in [-0.2, -0.15) is 0 Å². The number of rotatable bonds is 10. The minimum atomic E-state index is 0.815. The van der Waals surface area contributed by atoms with Gasteiger partial charge in [0, 0.05) is 0 Å². The first-order chi connectivity index (χ1) is 8.74. The van der Waals surface area contributed by atoms with Gasteiger partial charge in [-0.15, -0.1) is 0 Å². The van der Waals surface area contributed by atoms with Crippen molar-refractivity contribution in [1.82, 2.24) is 0 Å². The zero-order chi connectivity index (χ0) is 13.4. The van der Waals surface area contributed by atoms with Gasteiger partial charge in [-0.3, -0.25) is 0 Å². The summed E-state index contributed by atoms with van der Waals surface area (Å²) in [5, 5.41) is 0. The van der Waals surface area contributed by atoms with E-state index in [1.165, 1.54) is 57.8 Å². The molecule has 1 aliphatic carbocycles. The molecule has 0 aromatic rings. The first kappa shape index (κ1) is 16.0. The van der Waals surface area contributed by atoms with Crippen LogP contribution in [0.25, 0.3) is 0 Å². The molecule has 0 aliphatic heterocycles. The fraction of sp³-hybridized carbons (Fsp3) is 1.00. The average Bonchev–Trinajstić information content (AvgIpc) is 2.33. The van der Waals surface area contributed by atoms with Gasteiger partial charge in [-0.1, -0.05) is 72.1 Å². The Bertz CT molecular complexity index is 198. The summed E-state index contributed by atoms with van der Waals surface area (Å²) in [5.41, 5.74) is 6.11.